The van der Waals surface area contributed by atoms with Gasteiger partial charge < -0.3 is 5.32 Å². The van der Waals surface area contributed by atoms with Gasteiger partial charge >= 0.3 is 0 Å². The van der Waals surface area contributed by atoms with Crippen LogP contribution in [-0.2, 0) is 11.2 Å². The number of carbonyl (C=O) groups is 1. The lowest BCUT2D eigenvalue weighted by atomic mass is 10.1. The Kier molecular flexibility index (Phi) is 4.50. The summed E-state index contributed by atoms with van der Waals surface area (Å²) in [4.78, 5) is 11.8. The molecule has 0 aliphatic heterocycles. The van der Waals surface area contributed by atoms with E-state index in [2.05, 4.69) is 10.4 Å². The summed E-state index contributed by atoms with van der Waals surface area (Å²) in [6.45, 7) is 4.45. The van der Waals surface area contributed by atoms with Crippen molar-refractivity contribution in [3.63, 3.8) is 0 Å². The predicted molar refractivity (Wildman–Crippen MR) is 74.8 cm³/mol. The van der Waals surface area contributed by atoms with Crippen LogP contribution < -0.4 is 5.32 Å². The van der Waals surface area contributed by atoms with E-state index in [0.29, 0.717) is 12.1 Å². The highest BCUT2D eigenvalue weighted by molar-refractivity contribution is 5.78. The summed E-state index contributed by atoms with van der Waals surface area (Å²) in [5.74, 6) is -0.443. The number of nitrogens with zero attached hydrogens (tertiary/aromatic N) is 2. The van der Waals surface area contributed by atoms with E-state index in [1.54, 1.807) is 18.3 Å². The van der Waals surface area contributed by atoms with Crippen molar-refractivity contribution in [1.82, 2.24) is 15.1 Å². The first-order chi connectivity index (χ1) is 9.54. The van der Waals surface area contributed by atoms with Crippen molar-refractivity contribution in [2.75, 3.05) is 6.54 Å². The van der Waals surface area contributed by atoms with Crippen LogP contribution in [0.2, 0.25) is 0 Å². The van der Waals surface area contributed by atoms with Gasteiger partial charge in [-0.2, -0.15) is 5.10 Å². The standard InChI is InChI=1S/C15H18FN3O/c1-11-8-18-19(10-11)12(2)9-17-15(20)7-13-4-3-5-14(16)6-13/h3-6,8,10,12H,7,9H2,1-2H3,(H,17,20). The van der Waals surface area contributed by atoms with Crippen molar-refractivity contribution in [3.8, 4) is 0 Å². The molecule has 0 aliphatic rings. The highest BCUT2D eigenvalue weighted by atomic mass is 19.1. The molecule has 1 aromatic heterocycles. The predicted octanol–water partition coefficient (Wildman–Crippen LogP) is 2.25. The van der Waals surface area contributed by atoms with E-state index >= 15 is 0 Å². The van der Waals surface area contributed by atoms with Crippen LogP contribution in [0.15, 0.2) is 36.7 Å². The maximum Gasteiger partial charge on any atom is 0.224 e. The van der Waals surface area contributed by atoms with Gasteiger partial charge in [0, 0.05) is 12.7 Å². The summed E-state index contributed by atoms with van der Waals surface area (Å²) in [6.07, 6.45) is 3.90. The number of hydrogen-bond acceptors (Lipinski definition) is 2. The summed E-state index contributed by atoms with van der Waals surface area (Å²) >= 11 is 0. The second-order valence-electron chi connectivity index (χ2n) is 4.96. The lowest BCUT2D eigenvalue weighted by Gasteiger charge is -2.13. The van der Waals surface area contributed by atoms with Crippen molar-refractivity contribution < 1.29 is 9.18 Å². The van der Waals surface area contributed by atoms with E-state index in [0.717, 1.165) is 5.56 Å². The number of hydrogen-bond donors (Lipinski definition) is 1. The zero-order valence-electron chi connectivity index (χ0n) is 11.6. The molecule has 0 saturated heterocycles. The summed E-state index contributed by atoms with van der Waals surface area (Å²) in [5.41, 5.74) is 1.76. The summed E-state index contributed by atoms with van der Waals surface area (Å²) in [5, 5.41) is 7.04. The number of aryl methyl sites for hydroxylation is 1. The molecule has 4 nitrogen and oxygen atoms in total. The summed E-state index contributed by atoms with van der Waals surface area (Å²) in [7, 11) is 0. The number of amides is 1. The van der Waals surface area contributed by atoms with Crippen LogP contribution >= 0.6 is 0 Å². The van der Waals surface area contributed by atoms with E-state index < -0.39 is 0 Å². The van der Waals surface area contributed by atoms with Gasteiger partial charge in [-0.25, -0.2) is 4.39 Å². The van der Waals surface area contributed by atoms with Gasteiger partial charge in [0.05, 0.1) is 18.7 Å². The fraction of sp³-hybridized carbons (Fsp3) is 0.333. The van der Waals surface area contributed by atoms with Crippen molar-refractivity contribution in [2.24, 2.45) is 0 Å². The van der Waals surface area contributed by atoms with E-state index in [-0.39, 0.29) is 24.2 Å². The Morgan fingerprint density at radius 2 is 2.30 bits per heavy atom. The Morgan fingerprint density at radius 1 is 1.50 bits per heavy atom. The molecule has 1 heterocycles. The number of nitrogens with one attached hydrogen (secondary N) is 1. The first-order valence-corrected chi connectivity index (χ1v) is 6.56. The fourth-order valence-corrected chi connectivity index (χ4v) is 1.92. The normalized spacial score (nSPS) is 12.2. The molecule has 1 amide bonds. The van der Waals surface area contributed by atoms with Gasteiger partial charge in [-0.05, 0) is 37.1 Å². The minimum Gasteiger partial charge on any atom is -0.354 e. The smallest absolute Gasteiger partial charge is 0.224 e. The van der Waals surface area contributed by atoms with Crippen LogP contribution in [-0.4, -0.2) is 22.2 Å². The molecule has 1 atom stereocenters. The first kappa shape index (κ1) is 14.2. The van der Waals surface area contributed by atoms with Gasteiger partial charge in [0.25, 0.3) is 0 Å². The average Bonchev–Trinajstić information content (AvgIpc) is 2.83. The van der Waals surface area contributed by atoms with Crippen LogP contribution in [0.5, 0.6) is 0 Å². The molecule has 106 valence electrons. The molecule has 0 aliphatic carbocycles. The van der Waals surface area contributed by atoms with Gasteiger partial charge in [0.2, 0.25) is 5.91 Å². The maximum absolute atomic E-state index is 13.0. The minimum atomic E-state index is -0.323. The van der Waals surface area contributed by atoms with Crippen molar-refractivity contribution in [2.45, 2.75) is 26.3 Å². The quantitative estimate of drug-likeness (QED) is 0.909. The van der Waals surface area contributed by atoms with Crippen LogP contribution in [0, 0.1) is 12.7 Å². The van der Waals surface area contributed by atoms with Gasteiger partial charge in [-0.15, -0.1) is 0 Å². The molecule has 20 heavy (non-hydrogen) atoms. The molecule has 1 unspecified atom stereocenters. The van der Waals surface area contributed by atoms with Crippen molar-refractivity contribution in [3.05, 3.63) is 53.6 Å². The third kappa shape index (κ3) is 3.91. The van der Waals surface area contributed by atoms with E-state index in [4.69, 9.17) is 0 Å². The Bertz CT molecular complexity index is 594. The first-order valence-electron chi connectivity index (χ1n) is 6.56. The maximum atomic E-state index is 13.0. The Balaban J connectivity index is 1.83. The van der Waals surface area contributed by atoms with E-state index in [9.17, 15) is 9.18 Å². The number of rotatable bonds is 5. The highest BCUT2D eigenvalue weighted by Gasteiger charge is 2.09. The topological polar surface area (TPSA) is 46.9 Å². The molecular weight excluding hydrogens is 257 g/mol. The third-order valence-electron chi connectivity index (χ3n) is 3.03. The van der Waals surface area contributed by atoms with Crippen LogP contribution in [0.1, 0.15) is 24.1 Å². The highest BCUT2D eigenvalue weighted by Crippen LogP contribution is 2.06. The number of halogens is 1. The van der Waals surface area contributed by atoms with Gasteiger partial charge in [-0.3, -0.25) is 9.48 Å². The van der Waals surface area contributed by atoms with E-state index in [1.165, 1.54) is 12.1 Å². The van der Waals surface area contributed by atoms with Gasteiger partial charge in [0.15, 0.2) is 0 Å². The SMILES string of the molecule is Cc1cnn(C(C)CNC(=O)Cc2cccc(F)c2)c1. The Labute approximate surface area is 117 Å². The molecule has 0 radical (unpaired) electrons. The molecule has 0 fully saturated rings. The zero-order chi connectivity index (χ0) is 14.5. The van der Waals surface area contributed by atoms with Crippen LogP contribution in [0.3, 0.4) is 0 Å². The van der Waals surface area contributed by atoms with Gasteiger partial charge in [-0.1, -0.05) is 12.1 Å². The monoisotopic (exact) mass is 275 g/mol. The Hall–Kier alpha value is -2.17. The number of carbonyl (C=O) groups excluding carboxylic acids is 1. The summed E-state index contributed by atoms with van der Waals surface area (Å²) in [6, 6.07) is 6.17. The minimum absolute atomic E-state index is 0.0835. The molecule has 1 aromatic carbocycles. The molecule has 2 rings (SSSR count). The molecule has 1 N–H and O–H groups in total. The second kappa shape index (κ2) is 6.32. The fourth-order valence-electron chi connectivity index (χ4n) is 1.92. The largest absolute Gasteiger partial charge is 0.354 e. The Morgan fingerprint density at radius 3 is 2.95 bits per heavy atom. The van der Waals surface area contributed by atoms with Crippen molar-refractivity contribution in [1.29, 1.82) is 0 Å². The van der Waals surface area contributed by atoms with Gasteiger partial charge in [0.1, 0.15) is 5.82 Å². The molecule has 2 aromatic rings. The molecule has 5 heteroatoms. The average molecular weight is 275 g/mol. The number of benzene rings is 1. The summed E-state index contributed by atoms with van der Waals surface area (Å²) < 4.78 is 14.8. The molecular formula is C15H18FN3O. The zero-order valence-corrected chi connectivity index (χ0v) is 11.6. The third-order valence-corrected chi connectivity index (χ3v) is 3.03. The lowest BCUT2D eigenvalue weighted by molar-refractivity contribution is -0.120. The van der Waals surface area contributed by atoms with E-state index in [1.807, 2.05) is 24.7 Å². The molecule has 0 spiro atoms. The van der Waals surface area contributed by atoms with Crippen LogP contribution in [0.25, 0.3) is 0 Å². The number of aromatic nitrogens is 2. The molecule has 0 bridgehead atoms. The van der Waals surface area contributed by atoms with Crippen LogP contribution in [0.4, 0.5) is 4.39 Å². The lowest BCUT2D eigenvalue weighted by Crippen LogP contribution is -2.30. The second-order valence-corrected chi connectivity index (χ2v) is 4.96. The van der Waals surface area contributed by atoms with Crippen molar-refractivity contribution >= 4 is 5.91 Å². The molecule has 0 saturated carbocycles.